The van der Waals surface area contributed by atoms with Crippen LogP contribution in [0.3, 0.4) is 0 Å². The number of ketones is 4. The van der Waals surface area contributed by atoms with Crippen LogP contribution in [0.15, 0.2) is 119 Å². The van der Waals surface area contributed by atoms with E-state index in [0.29, 0.717) is 59.5 Å². The maximum absolute atomic E-state index is 13.4. The fourth-order valence-corrected chi connectivity index (χ4v) is 19.2. The zero-order valence-corrected chi connectivity index (χ0v) is 66.1. The lowest BCUT2D eigenvalue weighted by Gasteiger charge is -2.39. The van der Waals surface area contributed by atoms with Crippen molar-refractivity contribution in [3.63, 3.8) is 0 Å². The Labute approximate surface area is 679 Å². The van der Waals surface area contributed by atoms with Gasteiger partial charge in [-0.05, 0) is 211 Å². The number of non-ortho nitro benzene ring substituents is 2. The Balaban J connectivity index is 0.000000146. The number of benzene rings is 4. The summed E-state index contributed by atoms with van der Waals surface area (Å²) < 4.78 is 0. The predicted octanol–water partition coefficient (Wildman–Crippen LogP) is 9.01. The van der Waals surface area contributed by atoms with E-state index in [9.17, 15) is 63.4 Å². The lowest BCUT2D eigenvalue weighted by Crippen LogP contribution is -2.47. The number of rotatable bonds is 19. The highest BCUT2D eigenvalue weighted by Crippen LogP contribution is 2.38. The second kappa shape index (κ2) is 35.4. The molecule has 12 aliphatic rings. The van der Waals surface area contributed by atoms with Gasteiger partial charge in [-0.25, -0.2) is 9.97 Å². The van der Waals surface area contributed by atoms with Crippen molar-refractivity contribution in [1.82, 2.24) is 39.8 Å². The summed E-state index contributed by atoms with van der Waals surface area (Å²) >= 11 is 0. The zero-order chi connectivity index (χ0) is 81.0. The van der Waals surface area contributed by atoms with Crippen LogP contribution in [0, 0.1) is 43.9 Å². The molecule has 610 valence electrons. The first-order valence-electron chi connectivity index (χ1n) is 41.9. The number of piperazine rings is 2. The number of carbonyl (C=O) groups is 9. The highest BCUT2D eigenvalue weighted by atomic mass is 16.6. The number of nitro groups is 2. The molecule has 4 amide bonds. The van der Waals surface area contributed by atoms with E-state index in [2.05, 4.69) is 60.6 Å². The number of carbonyl (C=O) groups excluding carboxylic acids is 9. The van der Waals surface area contributed by atoms with Crippen LogP contribution in [0.2, 0.25) is 0 Å². The number of amides is 4. The molecule has 4 aromatic carbocycles. The lowest BCUT2D eigenvalue weighted by molar-refractivity contribution is -0.385. The van der Waals surface area contributed by atoms with E-state index in [1.807, 2.05) is 42.6 Å². The molecule has 2 aromatic heterocycles. The van der Waals surface area contributed by atoms with Gasteiger partial charge < -0.3 is 39.5 Å². The molecule has 6 aromatic rings. The molecule has 2 unspecified atom stereocenters. The molecular formula is C88H100N16O13. The molecule has 0 bridgehead atoms. The van der Waals surface area contributed by atoms with Gasteiger partial charge in [-0.2, -0.15) is 0 Å². The van der Waals surface area contributed by atoms with Crippen molar-refractivity contribution in [2.75, 3.05) is 144 Å². The number of aromatic nitrogens is 2. The Morgan fingerprint density at radius 3 is 1.28 bits per heavy atom. The Kier molecular flexibility index (Phi) is 24.2. The average molecular weight is 1590 g/mol. The molecule has 12 heterocycles. The van der Waals surface area contributed by atoms with Crippen molar-refractivity contribution >= 4 is 98.9 Å². The molecule has 0 radical (unpaired) electrons. The summed E-state index contributed by atoms with van der Waals surface area (Å²) in [7, 11) is 0. The van der Waals surface area contributed by atoms with Crippen LogP contribution in [0.5, 0.6) is 0 Å². The third-order valence-electron chi connectivity index (χ3n) is 26.1. The number of nitrogens with one attached hydrogen (secondary N) is 1. The number of piperidine rings is 4. The third kappa shape index (κ3) is 17.7. The second-order valence-electron chi connectivity index (χ2n) is 33.3. The van der Waals surface area contributed by atoms with Crippen LogP contribution in [-0.2, 0) is 37.1 Å². The largest absolute Gasteiger partial charge is 0.371 e. The van der Waals surface area contributed by atoms with Crippen molar-refractivity contribution in [1.29, 1.82) is 0 Å². The number of pyridine rings is 2. The summed E-state index contributed by atoms with van der Waals surface area (Å²) in [4.78, 5) is 171. The van der Waals surface area contributed by atoms with Gasteiger partial charge in [0.25, 0.3) is 35.0 Å². The minimum Gasteiger partial charge on any atom is -0.371 e. The van der Waals surface area contributed by atoms with E-state index in [-0.39, 0.29) is 82.9 Å². The van der Waals surface area contributed by atoms with Crippen molar-refractivity contribution in [3.8, 4) is 0 Å². The zero-order valence-electron chi connectivity index (χ0n) is 66.1. The van der Waals surface area contributed by atoms with E-state index >= 15 is 0 Å². The topological polar surface area (TPSA) is 332 Å². The molecule has 117 heavy (non-hydrogen) atoms. The Bertz CT molecular complexity index is 4940. The van der Waals surface area contributed by atoms with Gasteiger partial charge in [0.15, 0.2) is 11.6 Å². The molecule has 1 N–H and O–H groups in total. The molecule has 8 fully saturated rings. The van der Waals surface area contributed by atoms with Crippen molar-refractivity contribution in [2.24, 2.45) is 33.7 Å². The Hall–Kier alpha value is -11.0. The van der Waals surface area contributed by atoms with Crippen molar-refractivity contribution in [2.45, 2.75) is 128 Å². The second-order valence-corrected chi connectivity index (χ2v) is 33.3. The predicted molar refractivity (Wildman–Crippen MR) is 440 cm³/mol. The number of Topliss-reactive ketones (excluding diaryl/α,β-unsaturated/α-hetero) is 4. The number of nitro benzene ring substituents is 2. The highest BCUT2D eigenvalue weighted by molar-refractivity contribution is 6.25. The van der Waals surface area contributed by atoms with Gasteiger partial charge in [0, 0.05) is 181 Å². The SMILES string of the molecule is O=C1CCC(N2C(=O)c3ccc(N4CCC(CN5CCC(CCN6CCN(c7cc(C8=NCc9ccc([N+](=O)[O-])cc98)ccn7)CC6)CC5)CC4)cc3C2=O)C(=O)C1.O=CCC1CCN(CC2CCN(c3ccc4c(c3)C(=O)N(C3CCC(=O)CC3=O)C4=O)CC2)CC1.O=[N+]([O-])c1ccc2c(c1)C(c1ccnc(N3CCNCC3)c1)=NC2. The van der Waals surface area contributed by atoms with Gasteiger partial charge >= 0.3 is 0 Å². The van der Waals surface area contributed by atoms with Crippen LogP contribution in [0.1, 0.15) is 178 Å². The van der Waals surface area contributed by atoms with Crippen LogP contribution in [-0.4, -0.2) is 245 Å². The molecule has 2 atom stereocenters. The minimum absolute atomic E-state index is 0.0825. The number of aldehydes is 1. The number of hydrogen-bond donors (Lipinski definition) is 1. The third-order valence-corrected chi connectivity index (χ3v) is 26.1. The average Bonchev–Trinajstić information content (AvgIpc) is 1.61. The molecule has 0 spiro atoms. The fraction of sp³-hybridized carbons (Fsp3) is 0.489. The molecule has 29 heteroatoms. The molecule has 10 aliphatic heterocycles. The fourth-order valence-electron chi connectivity index (χ4n) is 19.2. The quantitative estimate of drug-likeness (QED) is 0.0260. The first-order valence-corrected chi connectivity index (χ1v) is 41.9. The lowest BCUT2D eigenvalue weighted by atomic mass is 9.90. The smallest absolute Gasteiger partial charge is 0.270 e. The van der Waals surface area contributed by atoms with Crippen LogP contribution in [0.4, 0.5) is 34.4 Å². The van der Waals surface area contributed by atoms with Gasteiger partial charge in [-0.3, -0.25) is 83.3 Å². The van der Waals surface area contributed by atoms with Gasteiger partial charge in [0.2, 0.25) is 0 Å². The molecule has 2 saturated carbocycles. The Morgan fingerprint density at radius 1 is 0.419 bits per heavy atom. The van der Waals surface area contributed by atoms with Crippen LogP contribution < -0.4 is 24.9 Å². The Morgan fingerprint density at radius 2 is 0.846 bits per heavy atom. The number of fused-ring (bicyclic) bond motifs is 4. The van der Waals surface area contributed by atoms with Crippen molar-refractivity contribution < 1.29 is 53.0 Å². The van der Waals surface area contributed by atoms with E-state index in [1.165, 1.54) is 25.3 Å². The minimum atomic E-state index is -0.845. The van der Waals surface area contributed by atoms with Crippen LogP contribution in [0.25, 0.3) is 0 Å². The van der Waals surface area contributed by atoms with Crippen LogP contribution >= 0.6 is 0 Å². The molecule has 29 nitrogen and oxygen atoms in total. The molecule has 2 aliphatic carbocycles. The first kappa shape index (κ1) is 79.8. The highest BCUT2D eigenvalue weighted by Gasteiger charge is 2.47. The van der Waals surface area contributed by atoms with Crippen molar-refractivity contribution in [3.05, 3.63) is 185 Å². The summed E-state index contributed by atoms with van der Waals surface area (Å²) in [6.45, 7) is 20.1. The number of nitrogens with zero attached hydrogens (tertiary/aromatic N) is 15. The number of anilines is 4. The molecular weight excluding hydrogens is 1490 g/mol. The van der Waals surface area contributed by atoms with Gasteiger partial charge in [-0.15, -0.1) is 0 Å². The summed E-state index contributed by atoms with van der Waals surface area (Å²) in [5.74, 6) is 1.78. The molecule has 6 saturated heterocycles. The summed E-state index contributed by atoms with van der Waals surface area (Å²) in [5.41, 5.74) is 10.7. The maximum atomic E-state index is 13.4. The summed E-state index contributed by atoms with van der Waals surface area (Å²) in [5, 5.41) is 25.8. The van der Waals surface area contributed by atoms with E-state index < -0.39 is 35.7 Å². The number of hydrogen-bond acceptors (Lipinski definition) is 25. The van der Waals surface area contributed by atoms with E-state index in [0.717, 1.165) is 253 Å². The maximum Gasteiger partial charge on any atom is 0.270 e. The summed E-state index contributed by atoms with van der Waals surface area (Å²) in [6, 6.07) is 27.1. The van der Waals surface area contributed by atoms with Gasteiger partial charge in [-0.1, -0.05) is 0 Å². The number of likely N-dealkylation sites (tertiary alicyclic amines) is 2. The molecule has 18 rings (SSSR count). The van der Waals surface area contributed by atoms with E-state index in [1.54, 1.807) is 54.7 Å². The van der Waals surface area contributed by atoms with Gasteiger partial charge in [0.1, 0.15) is 29.5 Å². The summed E-state index contributed by atoms with van der Waals surface area (Å²) in [6.07, 6.45) is 16.1. The van der Waals surface area contributed by atoms with E-state index in [4.69, 9.17) is 4.99 Å². The normalized spacial score (nSPS) is 22.0. The first-order chi connectivity index (χ1) is 56.8. The standard InChI is InChI=1S/C44H50N8O6.C27H33N3O5.C17H17N5O2/c53-35-4-6-39(40(54)26-35)51-43(55)36-5-3-33(24-38(36)44(51)56)49-17-11-30(12-18-49)28-48-15-9-29(10-16-48)8-14-47-19-21-50(22-20-47)41-23-31(7-13-45-41)42-37-25-34(52(57)58)2-1-32(37)27-46-42;31-14-9-18-5-10-28(11-6-18)17-19-7-12-29(13-8-19)20-1-3-22-23(15-20)27(35)30(26(22)34)24-4-2-21(32)16-25(24)33;23-22(24)14-2-1-13-11-20-17(15(13)10-14)12-3-4-19-16(9-12)21-7-5-18-6-8-21/h1-3,5,7,13,23-25,29-30,39H,4,6,8-12,14-22,26-28H2;1,3,14-15,18-19,24H,2,4-13,16-17H2;1-4,9-10,18H,5-8,11H2. The number of aliphatic imine (C=N–C) groups is 2. The number of imide groups is 2. The van der Waals surface area contributed by atoms with Gasteiger partial charge in [0.05, 0.1) is 81.5 Å². The monoisotopic (exact) mass is 1590 g/mol.